The lowest BCUT2D eigenvalue weighted by Gasteiger charge is -2.12. The Morgan fingerprint density at radius 3 is 2.59 bits per heavy atom. The molecule has 94 valence electrons. The molecule has 0 aromatic heterocycles. The van der Waals surface area contributed by atoms with Crippen molar-refractivity contribution < 1.29 is 18.0 Å². The highest BCUT2D eigenvalue weighted by molar-refractivity contribution is 9.10. The predicted molar refractivity (Wildman–Crippen MR) is 61.8 cm³/mol. The summed E-state index contributed by atoms with van der Waals surface area (Å²) in [6.45, 7) is 2.11. The van der Waals surface area contributed by atoms with E-state index in [1.54, 1.807) is 6.92 Å². The zero-order chi connectivity index (χ0) is 13.1. The van der Waals surface area contributed by atoms with Gasteiger partial charge in [-0.05, 0) is 25.1 Å². The minimum Gasteiger partial charge on any atom is -0.338 e. The van der Waals surface area contributed by atoms with Crippen LogP contribution in [-0.2, 0) is 6.18 Å². The van der Waals surface area contributed by atoms with Gasteiger partial charge in [-0.15, -0.1) is 0 Å². The second kappa shape index (κ2) is 5.39. The first-order valence-corrected chi connectivity index (χ1v) is 5.55. The number of amides is 2. The molecule has 2 amide bonds. The smallest absolute Gasteiger partial charge is 0.338 e. The van der Waals surface area contributed by atoms with E-state index in [1.807, 2.05) is 0 Å². The summed E-state index contributed by atoms with van der Waals surface area (Å²) < 4.78 is 37.6. The molecule has 0 radical (unpaired) electrons. The van der Waals surface area contributed by atoms with Crippen LogP contribution in [0.3, 0.4) is 0 Å². The van der Waals surface area contributed by atoms with Crippen molar-refractivity contribution in [1.82, 2.24) is 5.32 Å². The molecule has 0 spiro atoms. The lowest BCUT2D eigenvalue weighted by atomic mass is 10.2. The Labute approximate surface area is 105 Å². The van der Waals surface area contributed by atoms with E-state index in [-0.39, 0.29) is 10.2 Å². The van der Waals surface area contributed by atoms with Crippen LogP contribution in [0.4, 0.5) is 23.7 Å². The summed E-state index contributed by atoms with van der Waals surface area (Å²) in [4.78, 5) is 11.1. The molecule has 0 saturated carbocycles. The fraction of sp³-hybridized carbons (Fsp3) is 0.300. The van der Waals surface area contributed by atoms with Crippen molar-refractivity contribution in [2.75, 3.05) is 11.9 Å². The Hall–Kier alpha value is -1.24. The Bertz CT molecular complexity index is 421. The van der Waals surface area contributed by atoms with Gasteiger partial charge in [0, 0.05) is 16.7 Å². The molecule has 7 heteroatoms. The van der Waals surface area contributed by atoms with Gasteiger partial charge in [0.25, 0.3) is 0 Å². The highest BCUT2D eigenvalue weighted by Crippen LogP contribution is 2.36. The van der Waals surface area contributed by atoms with Gasteiger partial charge in [-0.3, -0.25) is 0 Å². The van der Waals surface area contributed by atoms with Gasteiger partial charge in [-0.1, -0.05) is 15.9 Å². The molecule has 0 atom stereocenters. The van der Waals surface area contributed by atoms with E-state index in [1.165, 1.54) is 12.1 Å². The number of carbonyl (C=O) groups excluding carboxylic acids is 1. The van der Waals surface area contributed by atoms with E-state index in [0.717, 1.165) is 6.07 Å². The average molecular weight is 311 g/mol. The van der Waals surface area contributed by atoms with Crippen molar-refractivity contribution in [2.24, 2.45) is 0 Å². The minimum atomic E-state index is -4.46. The molecular weight excluding hydrogens is 301 g/mol. The number of carbonyl (C=O) groups is 1. The molecule has 0 saturated heterocycles. The van der Waals surface area contributed by atoms with Crippen molar-refractivity contribution in [3.63, 3.8) is 0 Å². The summed E-state index contributed by atoms with van der Waals surface area (Å²) >= 11 is 2.81. The molecule has 0 aliphatic rings. The van der Waals surface area contributed by atoms with E-state index in [9.17, 15) is 18.0 Å². The van der Waals surface area contributed by atoms with E-state index in [0.29, 0.717) is 6.54 Å². The summed E-state index contributed by atoms with van der Waals surface area (Å²) in [6.07, 6.45) is -4.46. The Morgan fingerprint density at radius 1 is 1.41 bits per heavy atom. The lowest BCUT2D eigenvalue weighted by molar-refractivity contribution is -0.138. The van der Waals surface area contributed by atoms with Crippen LogP contribution in [-0.4, -0.2) is 12.6 Å². The molecule has 0 aliphatic carbocycles. The highest BCUT2D eigenvalue weighted by atomic mass is 79.9. The Morgan fingerprint density at radius 2 is 2.06 bits per heavy atom. The Balaban J connectivity index is 2.93. The number of halogens is 4. The van der Waals surface area contributed by atoms with Crippen LogP contribution >= 0.6 is 15.9 Å². The standard InChI is InChI=1S/C10H10BrF3N2O/c1-2-15-9(17)16-6-3-4-8(11)7(5-6)10(12,13)14/h3-5H,2H2,1H3,(H2,15,16,17). The molecule has 0 unspecified atom stereocenters. The van der Waals surface area contributed by atoms with Crippen LogP contribution in [0.15, 0.2) is 22.7 Å². The van der Waals surface area contributed by atoms with Crippen molar-refractivity contribution in [2.45, 2.75) is 13.1 Å². The van der Waals surface area contributed by atoms with Crippen molar-refractivity contribution in [3.8, 4) is 0 Å². The SMILES string of the molecule is CCNC(=O)Nc1ccc(Br)c(C(F)(F)F)c1. The van der Waals surface area contributed by atoms with Gasteiger partial charge in [-0.25, -0.2) is 4.79 Å². The van der Waals surface area contributed by atoms with Crippen molar-refractivity contribution in [1.29, 1.82) is 0 Å². The first-order valence-electron chi connectivity index (χ1n) is 4.76. The minimum absolute atomic E-state index is 0.0635. The summed E-state index contributed by atoms with van der Waals surface area (Å²) in [5, 5.41) is 4.74. The number of rotatable bonds is 2. The van der Waals surface area contributed by atoms with Crippen molar-refractivity contribution >= 4 is 27.6 Å². The molecule has 3 nitrogen and oxygen atoms in total. The molecule has 1 aromatic carbocycles. The number of nitrogens with one attached hydrogen (secondary N) is 2. The third-order valence-electron chi connectivity index (χ3n) is 1.87. The van der Waals surface area contributed by atoms with Gasteiger partial charge in [0.05, 0.1) is 5.56 Å². The van der Waals surface area contributed by atoms with E-state index >= 15 is 0 Å². The maximum absolute atomic E-state index is 12.6. The molecule has 0 heterocycles. The fourth-order valence-electron chi connectivity index (χ4n) is 1.16. The van der Waals surface area contributed by atoms with E-state index < -0.39 is 17.8 Å². The van der Waals surface area contributed by atoms with Gasteiger partial charge in [0.2, 0.25) is 0 Å². The number of hydrogen-bond acceptors (Lipinski definition) is 1. The lowest BCUT2D eigenvalue weighted by Crippen LogP contribution is -2.28. The number of benzene rings is 1. The normalized spacial score (nSPS) is 11.1. The molecule has 0 bridgehead atoms. The topological polar surface area (TPSA) is 41.1 Å². The molecule has 0 fully saturated rings. The average Bonchev–Trinajstić information content (AvgIpc) is 2.19. The van der Waals surface area contributed by atoms with Crippen LogP contribution in [0.2, 0.25) is 0 Å². The van der Waals surface area contributed by atoms with Crippen LogP contribution in [0.25, 0.3) is 0 Å². The molecule has 17 heavy (non-hydrogen) atoms. The zero-order valence-corrected chi connectivity index (χ0v) is 10.4. The molecular formula is C10H10BrF3N2O. The van der Waals surface area contributed by atoms with Crippen LogP contribution in [0, 0.1) is 0 Å². The zero-order valence-electron chi connectivity index (χ0n) is 8.86. The number of urea groups is 1. The second-order valence-corrected chi connectivity index (χ2v) is 4.03. The van der Waals surface area contributed by atoms with Crippen LogP contribution in [0.5, 0.6) is 0 Å². The Kier molecular flexibility index (Phi) is 4.39. The first-order chi connectivity index (χ1) is 7.84. The molecule has 2 N–H and O–H groups in total. The van der Waals surface area contributed by atoms with Gasteiger partial charge in [0.1, 0.15) is 0 Å². The van der Waals surface area contributed by atoms with Gasteiger partial charge < -0.3 is 10.6 Å². The second-order valence-electron chi connectivity index (χ2n) is 3.18. The van der Waals surface area contributed by atoms with Gasteiger partial charge >= 0.3 is 12.2 Å². The number of anilines is 1. The maximum Gasteiger partial charge on any atom is 0.417 e. The predicted octanol–water partition coefficient (Wildman–Crippen LogP) is 3.61. The monoisotopic (exact) mass is 310 g/mol. The fourth-order valence-corrected chi connectivity index (χ4v) is 1.63. The van der Waals surface area contributed by atoms with Crippen LogP contribution in [0.1, 0.15) is 12.5 Å². The summed E-state index contributed by atoms with van der Waals surface area (Å²) in [6, 6.07) is 2.96. The molecule has 1 rings (SSSR count). The summed E-state index contributed by atoms with van der Waals surface area (Å²) in [7, 11) is 0. The third kappa shape index (κ3) is 3.92. The quantitative estimate of drug-likeness (QED) is 0.861. The van der Waals surface area contributed by atoms with E-state index in [4.69, 9.17) is 0 Å². The maximum atomic E-state index is 12.6. The third-order valence-corrected chi connectivity index (χ3v) is 2.56. The summed E-state index contributed by atoms with van der Waals surface area (Å²) in [5.41, 5.74) is -0.738. The number of hydrogen-bond donors (Lipinski definition) is 2. The molecule has 1 aromatic rings. The van der Waals surface area contributed by atoms with Crippen molar-refractivity contribution in [3.05, 3.63) is 28.2 Å². The first kappa shape index (κ1) is 13.8. The van der Waals surface area contributed by atoms with Gasteiger partial charge in [-0.2, -0.15) is 13.2 Å². The highest BCUT2D eigenvalue weighted by Gasteiger charge is 2.33. The van der Waals surface area contributed by atoms with Crippen LogP contribution < -0.4 is 10.6 Å². The molecule has 0 aliphatic heterocycles. The van der Waals surface area contributed by atoms with E-state index in [2.05, 4.69) is 26.6 Å². The van der Waals surface area contributed by atoms with Gasteiger partial charge in [0.15, 0.2) is 0 Å². The summed E-state index contributed by atoms with van der Waals surface area (Å²) in [5.74, 6) is 0. The largest absolute Gasteiger partial charge is 0.417 e. The number of alkyl halides is 3.